The van der Waals surface area contributed by atoms with E-state index in [1.54, 1.807) is 0 Å². The number of hydrogen-bond donors (Lipinski definition) is 1. The van der Waals surface area contributed by atoms with Crippen LogP contribution in [-0.2, 0) is 9.53 Å². The normalized spacial score (nSPS) is 12.7. The average Bonchev–Trinajstić information content (AvgIpc) is 2.74. The molecule has 3 nitrogen and oxygen atoms in total. The summed E-state index contributed by atoms with van der Waals surface area (Å²) in [7, 11) is 0. The van der Waals surface area contributed by atoms with Crippen LogP contribution < -0.4 is 0 Å². The van der Waals surface area contributed by atoms with E-state index in [1.165, 1.54) is 70.6 Å². The first kappa shape index (κ1) is 30.2. The molecule has 0 heterocycles. The van der Waals surface area contributed by atoms with Crippen molar-refractivity contribution in [2.45, 2.75) is 149 Å². The quantitative estimate of drug-likeness (QED) is 0.0987. The Morgan fingerprint density at radius 2 is 1.39 bits per heavy atom. The van der Waals surface area contributed by atoms with Gasteiger partial charge in [-0.2, -0.15) is 0 Å². The number of allylic oxidation sites excluding steroid dienone is 1. The van der Waals surface area contributed by atoms with Gasteiger partial charge in [-0.1, -0.05) is 110 Å². The summed E-state index contributed by atoms with van der Waals surface area (Å²) in [6, 6.07) is 0. The van der Waals surface area contributed by atoms with Gasteiger partial charge in [-0.15, -0.1) is 0 Å². The first-order chi connectivity index (χ1) is 15.1. The van der Waals surface area contributed by atoms with Crippen LogP contribution in [0.3, 0.4) is 0 Å². The van der Waals surface area contributed by atoms with Gasteiger partial charge >= 0.3 is 5.97 Å². The third kappa shape index (κ3) is 25.3. The van der Waals surface area contributed by atoms with Gasteiger partial charge < -0.3 is 9.84 Å². The highest BCUT2D eigenvalue weighted by Gasteiger charge is 2.03. The molecule has 0 spiro atoms. The molecule has 0 aromatic heterocycles. The molecule has 31 heavy (non-hydrogen) atoms. The second-order valence-corrected chi connectivity index (χ2v) is 9.69. The number of rotatable bonds is 23. The molecule has 3 heteroatoms. The van der Waals surface area contributed by atoms with Gasteiger partial charge in [-0.25, -0.2) is 0 Å². The lowest BCUT2D eigenvalue weighted by atomic mass is 10.0. The van der Waals surface area contributed by atoms with E-state index in [0.717, 1.165) is 50.9 Å². The third-order valence-electron chi connectivity index (χ3n) is 5.91. The molecule has 0 bridgehead atoms. The van der Waals surface area contributed by atoms with Crippen LogP contribution in [0.15, 0.2) is 12.2 Å². The van der Waals surface area contributed by atoms with Crippen LogP contribution in [0, 0.1) is 5.92 Å². The van der Waals surface area contributed by atoms with Crippen LogP contribution in [0.25, 0.3) is 0 Å². The van der Waals surface area contributed by atoms with Crippen LogP contribution in [0.5, 0.6) is 0 Å². The van der Waals surface area contributed by atoms with Gasteiger partial charge in [0.2, 0.25) is 0 Å². The van der Waals surface area contributed by atoms with Crippen LogP contribution in [0.4, 0.5) is 0 Å². The lowest BCUT2D eigenvalue weighted by molar-refractivity contribution is -0.143. The molecule has 0 saturated heterocycles. The SMILES string of the molecule is CCCCCC[C@@H](O)C/C=C\CCCCCCCC(=O)OCCCCCCCC(C)C. The van der Waals surface area contributed by atoms with Gasteiger partial charge in [0.25, 0.3) is 0 Å². The molecule has 0 aliphatic heterocycles. The Bertz CT molecular complexity index is 403. The lowest BCUT2D eigenvalue weighted by Gasteiger charge is -2.07. The fourth-order valence-electron chi connectivity index (χ4n) is 3.80. The van der Waals surface area contributed by atoms with E-state index in [2.05, 4.69) is 32.9 Å². The molecule has 0 radical (unpaired) electrons. The van der Waals surface area contributed by atoms with Crippen molar-refractivity contribution in [3.63, 3.8) is 0 Å². The number of aliphatic hydroxyl groups excluding tert-OH is 1. The Labute approximate surface area is 194 Å². The second kappa shape index (κ2) is 23.8. The van der Waals surface area contributed by atoms with Crippen molar-refractivity contribution < 1.29 is 14.6 Å². The van der Waals surface area contributed by atoms with Gasteiger partial charge in [0.05, 0.1) is 12.7 Å². The van der Waals surface area contributed by atoms with Crippen LogP contribution >= 0.6 is 0 Å². The van der Waals surface area contributed by atoms with Crippen molar-refractivity contribution >= 4 is 5.97 Å². The van der Waals surface area contributed by atoms with Gasteiger partial charge in [0, 0.05) is 6.42 Å². The van der Waals surface area contributed by atoms with E-state index < -0.39 is 0 Å². The summed E-state index contributed by atoms with van der Waals surface area (Å²) in [6.45, 7) is 7.37. The zero-order valence-electron chi connectivity index (χ0n) is 21.2. The molecule has 0 saturated carbocycles. The number of carbonyl (C=O) groups excluding carboxylic acids is 1. The number of carbonyl (C=O) groups is 1. The largest absolute Gasteiger partial charge is 0.466 e. The smallest absolute Gasteiger partial charge is 0.305 e. The molecular formula is C28H54O3. The molecule has 1 N–H and O–H groups in total. The molecule has 0 amide bonds. The van der Waals surface area contributed by atoms with E-state index in [1.807, 2.05) is 0 Å². The maximum atomic E-state index is 11.8. The zero-order chi connectivity index (χ0) is 23.0. The Kier molecular flexibility index (Phi) is 23.2. The van der Waals surface area contributed by atoms with Gasteiger partial charge in [-0.05, 0) is 44.4 Å². The lowest BCUT2D eigenvalue weighted by Crippen LogP contribution is -2.05. The molecule has 1 atom stereocenters. The highest BCUT2D eigenvalue weighted by molar-refractivity contribution is 5.69. The van der Waals surface area contributed by atoms with Crippen molar-refractivity contribution in [1.29, 1.82) is 0 Å². The minimum Gasteiger partial charge on any atom is -0.466 e. The number of esters is 1. The van der Waals surface area contributed by atoms with Crippen LogP contribution in [-0.4, -0.2) is 23.8 Å². The zero-order valence-corrected chi connectivity index (χ0v) is 21.2. The van der Waals surface area contributed by atoms with Gasteiger partial charge in [0.1, 0.15) is 0 Å². The Morgan fingerprint density at radius 3 is 2.13 bits per heavy atom. The van der Waals surface area contributed by atoms with E-state index in [-0.39, 0.29) is 12.1 Å². The molecule has 0 aromatic rings. The summed E-state index contributed by atoms with van der Waals surface area (Å²) >= 11 is 0. The van der Waals surface area contributed by atoms with Crippen molar-refractivity contribution in [2.24, 2.45) is 5.92 Å². The predicted molar refractivity (Wildman–Crippen MR) is 134 cm³/mol. The molecule has 0 fully saturated rings. The maximum absolute atomic E-state index is 11.8. The van der Waals surface area contributed by atoms with Crippen molar-refractivity contribution in [3.05, 3.63) is 12.2 Å². The Balaban J connectivity index is 3.31. The summed E-state index contributed by atoms with van der Waals surface area (Å²) in [5, 5.41) is 9.93. The van der Waals surface area contributed by atoms with Gasteiger partial charge in [0.15, 0.2) is 0 Å². The first-order valence-corrected chi connectivity index (χ1v) is 13.5. The summed E-state index contributed by atoms with van der Waals surface area (Å²) in [5.74, 6) is 0.795. The topological polar surface area (TPSA) is 46.5 Å². The highest BCUT2D eigenvalue weighted by Crippen LogP contribution is 2.12. The summed E-state index contributed by atoms with van der Waals surface area (Å²) in [6.07, 6.45) is 25.6. The van der Waals surface area contributed by atoms with E-state index in [4.69, 9.17) is 4.74 Å². The molecule has 0 aliphatic rings. The molecule has 0 aliphatic carbocycles. The second-order valence-electron chi connectivity index (χ2n) is 9.69. The van der Waals surface area contributed by atoms with Crippen molar-refractivity contribution in [1.82, 2.24) is 0 Å². The summed E-state index contributed by atoms with van der Waals surface area (Å²) < 4.78 is 5.35. The van der Waals surface area contributed by atoms with Crippen molar-refractivity contribution in [2.75, 3.05) is 6.61 Å². The highest BCUT2D eigenvalue weighted by atomic mass is 16.5. The molecular weight excluding hydrogens is 384 g/mol. The molecule has 0 rings (SSSR count). The molecule has 184 valence electrons. The van der Waals surface area contributed by atoms with E-state index in [9.17, 15) is 9.90 Å². The minimum absolute atomic E-state index is 0.0176. The fraction of sp³-hybridized carbons (Fsp3) is 0.893. The summed E-state index contributed by atoms with van der Waals surface area (Å²) in [5.41, 5.74) is 0. The number of hydrogen-bond acceptors (Lipinski definition) is 3. The molecule has 0 aromatic carbocycles. The van der Waals surface area contributed by atoms with Crippen molar-refractivity contribution in [3.8, 4) is 0 Å². The van der Waals surface area contributed by atoms with E-state index >= 15 is 0 Å². The third-order valence-corrected chi connectivity index (χ3v) is 5.91. The molecule has 0 unspecified atom stereocenters. The van der Waals surface area contributed by atoms with Gasteiger partial charge in [-0.3, -0.25) is 4.79 Å². The average molecular weight is 439 g/mol. The predicted octanol–water partition coefficient (Wildman–Crippen LogP) is 8.53. The number of ether oxygens (including phenoxy) is 1. The van der Waals surface area contributed by atoms with Crippen LogP contribution in [0.2, 0.25) is 0 Å². The first-order valence-electron chi connectivity index (χ1n) is 13.5. The standard InChI is InChI=1S/C28H54O3/c1-4-5-6-17-22-27(29)23-18-13-9-7-8-10-14-19-24-28(30)31-25-20-15-11-12-16-21-26(2)3/h13,18,26-27,29H,4-12,14-17,19-25H2,1-3H3/b18-13-/t27-/m1/s1. The summed E-state index contributed by atoms with van der Waals surface area (Å²) in [4.78, 5) is 11.8. The van der Waals surface area contributed by atoms with E-state index in [0.29, 0.717) is 13.0 Å². The maximum Gasteiger partial charge on any atom is 0.305 e. The Morgan fingerprint density at radius 1 is 0.774 bits per heavy atom. The number of aliphatic hydroxyl groups is 1. The minimum atomic E-state index is -0.164. The monoisotopic (exact) mass is 438 g/mol. The Hall–Kier alpha value is -0.830. The fourth-order valence-corrected chi connectivity index (χ4v) is 3.80. The van der Waals surface area contributed by atoms with Crippen LogP contribution in [0.1, 0.15) is 143 Å². The number of unbranched alkanes of at least 4 members (excludes halogenated alkanes) is 12.